The van der Waals surface area contributed by atoms with E-state index in [0.29, 0.717) is 54.9 Å². The molecule has 2 unspecified atom stereocenters. The molecule has 0 spiro atoms. The predicted octanol–water partition coefficient (Wildman–Crippen LogP) is 7.77. The normalized spacial score (nSPS) is 13.4. The number of aromatic nitrogens is 3. The second-order valence-corrected chi connectivity index (χ2v) is 39.7. The van der Waals surface area contributed by atoms with E-state index in [-0.39, 0.29) is 189 Å². The molecule has 0 saturated carbocycles. The van der Waals surface area contributed by atoms with Gasteiger partial charge in [0, 0.05) is 152 Å². The summed E-state index contributed by atoms with van der Waals surface area (Å²) >= 11 is 2.27. The number of ether oxygens (including phenoxy) is 4. The molecule has 49 heteroatoms. The van der Waals surface area contributed by atoms with E-state index in [1.807, 2.05) is 0 Å². The number of hydrogen-bond acceptors (Lipinski definition) is 34. The SMILES string of the molecule is CCCCCCCCCCCCCCCCCC(=O)OC[C@H](COP(=O)([O-])OCCNC(=O)COCCNC(=O)CCN1C(=O)CC(SCC(=O)NC)C1=O)OC(=O)CCCCCCCCCCCCCCCCC.Cc1cc(OCCCC(=O)NCCNC(=O)[C@H](CSOOO)NC(=O)CCSOOO)cc(C)c1S(=O)(=O)N[C@@H](CNC(=O)c1cn(C)c2cc(CNc3ncc[nH]3)ccc2c1=O)C(=O)O.[Na+]. The Kier molecular flexibility index (Phi) is 70.0. The number of pyridine rings is 1. The first-order valence-electron chi connectivity index (χ1n) is 48.7. The van der Waals surface area contributed by atoms with Crippen molar-refractivity contribution < 1.29 is 167 Å². The Bertz CT molecular complexity index is 4610. The van der Waals surface area contributed by atoms with Crippen molar-refractivity contribution in [3.8, 4) is 5.75 Å². The Hall–Kier alpha value is -7.91. The Morgan fingerprint density at radius 3 is 1.76 bits per heavy atom. The number of hydrogen-bond donors (Lipinski definition) is 13. The van der Waals surface area contributed by atoms with Crippen molar-refractivity contribution in [1.29, 1.82) is 0 Å². The zero-order valence-corrected chi connectivity index (χ0v) is 89.4. The molecular weight excluding hydrogens is 1960 g/mol. The van der Waals surface area contributed by atoms with Gasteiger partial charge in [0.1, 0.15) is 36.6 Å². The van der Waals surface area contributed by atoms with Crippen LogP contribution in [0.5, 0.6) is 5.75 Å². The molecule has 5 rings (SSSR count). The molecule has 0 bridgehead atoms. The van der Waals surface area contributed by atoms with Gasteiger partial charge in [-0.2, -0.15) is 4.72 Å². The van der Waals surface area contributed by atoms with Gasteiger partial charge in [-0.25, -0.2) is 23.9 Å². The first-order chi connectivity index (χ1) is 67.8. The molecule has 4 aromatic rings. The number of carboxylic acids is 1. The molecule has 9 amide bonds. The van der Waals surface area contributed by atoms with Crippen LogP contribution in [0.2, 0.25) is 0 Å². The minimum Gasteiger partial charge on any atom is -0.756 e. The fraction of sp³-hybridized carbons (Fsp3) is 0.677. The number of aliphatic carboxylic acids is 1. The molecule has 13 N–H and O–H groups in total. The summed E-state index contributed by atoms with van der Waals surface area (Å²) in [4.78, 5) is 183. The standard InChI is InChI=1S/C55H101N4O14PS.C38H49N9O16S3.Na/c1-4-6-8-10-12-14-16-18-20-22-24-26-28-30-32-34-53(64)70-43-47(73-54(65)35-33-31-29-27-25-23-21-19-17-15-13-11-9-7-5-2)44-72-74(67,68)71-41-38-58-50(61)45-69-40-37-57-49(60)36-39-59-52(63)42-48(55(59)66)75-46-51(62)56-3;1-22-15-25(59-13-4-5-31(48)39-9-10-40-36(52)29(21-65-63-61-56)45-32(49)8-14-64-62-60-55)16-23(2)34(22)66(57,58)46-28(37(53)54)19-43-35(51)27-20-47(3)30-17-24(6-7-26(30)33(27)50)18-44-38-41-11-12-42-38;/h47-48H,4-46H2,1-3H3,(H,56,62)(H,57,60)(H,58,61)(H,67,68);6-7,11-12,15-17,20,28-29,46,55-56H,4-5,8-10,13-14,18-19,21H2,1-3H3,(H,39,48)(H,40,52)(H,43,51)(H,45,49)(H,53,54)(H2,41,42,44);/q;;+1/p-1/t47-,48?;28-,29-;/m10./s1. The van der Waals surface area contributed by atoms with Crippen LogP contribution in [0.1, 0.15) is 278 Å². The predicted molar refractivity (Wildman–Crippen MR) is 529 cm³/mol. The van der Waals surface area contributed by atoms with Crippen molar-refractivity contribution in [2.45, 2.75) is 300 Å². The maximum absolute atomic E-state index is 13.6. The topological polar surface area (TPSA) is 594 Å². The van der Waals surface area contributed by atoms with Crippen LogP contribution >= 0.6 is 43.7 Å². The quantitative estimate of drug-likeness (QED) is 0.00293. The van der Waals surface area contributed by atoms with E-state index >= 15 is 0 Å². The van der Waals surface area contributed by atoms with Crippen molar-refractivity contribution in [3.63, 3.8) is 0 Å². The molecule has 1 fully saturated rings. The van der Waals surface area contributed by atoms with Gasteiger partial charge in [0.15, 0.2) is 12.1 Å². The van der Waals surface area contributed by atoms with Gasteiger partial charge in [-0.3, -0.25) is 71.8 Å². The number of amides is 9. The number of aromatic amines is 1. The third kappa shape index (κ3) is 57.3. The Labute approximate surface area is 867 Å². The monoisotopic (exact) mass is 2110 g/mol. The number of fused-ring (bicyclic) bond motifs is 1. The van der Waals surface area contributed by atoms with Gasteiger partial charge in [-0.1, -0.05) is 210 Å². The smallest absolute Gasteiger partial charge is 0.756 e. The number of rotatable bonds is 82. The average Bonchev–Trinajstić information content (AvgIpc) is 1.00. The molecule has 5 atom stereocenters. The number of benzene rings is 2. The summed E-state index contributed by atoms with van der Waals surface area (Å²) in [6.07, 6.45) is 39.8. The summed E-state index contributed by atoms with van der Waals surface area (Å²) in [7, 11) is -6.29. The van der Waals surface area contributed by atoms with Crippen molar-refractivity contribution in [3.05, 3.63) is 81.4 Å². The molecule has 1 aliphatic rings. The zero-order valence-electron chi connectivity index (χ0n) is 83.2. The van der Waals surface area contributed by atoms with Crippen LogP contribution < -0.4 is 91.9 Å². The number of carboxylic acid groups (broad SMARTS) is 1. The van der Waals surface area contributed by atoms with Gasteiger partial charge in [0.25, 0.3) is 13.7 Å². The fourth-order valence-corrected chi connectivity index (χ4v) is 19.0. The summed E-state index contributed by atoms with van der Waals surface area (Å²) in [5.74, 6) is -6.28. The largest absolute Gasteiger partial charge is 1.00 e. The zero-order chi connectivity index (χ0) is 103. The number of likely N-dealkylation sites (tertiary alicyclic amines) is 1. The number of carbonyl (C=O) groups is 12. The van der Waals surface area contributed by atoms with E-state index in [4.69, 9.17) is 38.5 Å². The third-order valence-corrected chi connectivity index (χ3v) is 27.4. The van der Waals surface area contributed by atoms with E-state index in [1.165, 1.54) is 180 Å². The van der Waals surface area contributed by atoms with Gasteiger partial charge >= 0.3 is 47.5 Å². The first kappa shape index (κ1) is 128. The van der Waals surface area contributed by atoms with E-state index in [9.17, 15) is 85.3 Å². The van der Waals surface area contributed by atoms with Crippen LogP contribution in [0.3, 0.4) is 0 Å². The number of thioether (sulfide) groups is 1. The molecule has 3 heterocycles. The number of nitrogens with zero attached hydrogens (tertiary/aromatic N) is 3. The molecule has 1 aliphatic heterocycles. The summed E-state index contributed by atoms with van der Waals surface area (Å²) in [5.41, 5.74) is 0.957. The molecule has 2 aromatic heterocycles. The number of nitrogens with one attached hydrogen (secondary N) is 10. The number of anilines is 1. The molecule has 0 radical (unpaired) electrons. The maximum Gasteiger partial charge on any atom is 1.00 e. The Balaban J connectivity index is 0.000000730. The number of phosphoric acid groups is 1. The van der Waals surface area contributed by atoms with Crippen LogP contribution in [0, 0.1) is 13.8 Å². The number of phosphoric ester groups is 1. The number of unbranched alkanes of at least 4 members (excludes halogenated alkanes) is 28. The Morgan fingerprint density at radius 2 is 1.18 bits per heavy atom. The molecule has 142 heavy (non-hydrogen) atoms. The second kappa shape index (κ2) is 77.5. The van der Waals surface area contributed by atoms with Crippen LogP contribution in [0.15, 0.2) is 58.6 Å². The number of aryl methyl sites for hydroxylation is 3. The average molecular weight is 2110 g/mol. The molecular formula is C93H149N13NaO30PS4. The molecule has 1 saturated heterocycles. The minimum atomic E-state index is -4.93. The van der Waals surface area contributed by atoms with E-state index in [1.54, 1.807) is 42.2 Å². The first-order valence-corrected chi connectivity index (χ1v) is 54.6. The van der Waals surface area contributed by atoms with Crippen LogP contribution in [0.4, 0.5) is 5.95 Å². The third-order valence-electron chi connectivity index (χ3n) is 22.3. The summed E-state index contributed by atoms with van der Waals surface area (Å²) in [6.45, 7) is 5.15. The summed E-state index contributed by atoms with van der Waals surface area (Å²) in [5, 5.41) is 53.5. The van der Waals surface area contributed by atoms with Crippen LogP contribution in [0.25, 0.3) is 10.9 Å². The summed E-state index contributed by atoms with van der Waals surface area (Å²) in [6, 6.07) is 5.04. The van der Waals surface area contributed by atoms with Crippen molar-refractivity contribution in [2.75, 3.05) is 109 Å². The molecule has 796 valence electrons. The number of imidazole rings is 1. The molecule has 0 aliphatic carbocycles. The Morgan fingerprint density at radius 1 is 0.627 bits per heavy atom. The number of sulfonamides is 1. The number of carbonyl (C=O) groups excluding carboxylic acids is 11. The van der Waals surface area contributed by atoms with Crippen molar-refractivity contribution in [2.24, 2.45) is 7.05 Å². The number of imide groups is 1. The van der Waals surface area contributed by atoms with Gasteiger partial charge in [-0.05, 0) is 74.1 Å². The van der Waals surface area contributed by atoms with Gasteiger partial charge < -0.3 is 90.1 Å². The minimum absolute atomic E-state index is 0. The maximum atomic E-state index is 13.6. The van der Waals surface area contributed by atoms with Gasteiger partial charge in [0.2, 0.25) is 62.7 Å². The van der Waals surface area contributed by atoms with E-state index in [0.717, 1.165) is 60.8 Å². The van der Waals surface area contributed by atoms with Crippen LogP contribution in [-0.4, -0.2) is 241 Å². The van der Waals surface area contributed by atoms with Crippen LogP contribution in [-0.2, 0) is 123 Å². The summed E-state index contributed by atoms with van der Waals surface area (Å²) < 4.78 is 83.8. The van der Waals surface area contributed by atoms with Gasteiger partial charge in [0.05, 0.1) is 53.6 Å². The fourth-order valence-electron chi connectivity index (χ4n) is 14.8. The van der Waals surface area contributed by atoms with E-state index in [2.05, 4.69) is 89.8 Å². The van der Waals surface area contributed by atoms with Crippen molar-refractivity contribution >= 4 is 142 Å². The van der Waals surface area contributed by atoms with Gasteiger partial charge in [-0.15, -0.1) is 20.4 Å². The van der Waals surface area contributed by atoms with E-state index < -0.39 is 132 Å². The number of esters is 2. The van der Waals surface area contributed by atoms with Crippen molar-refractivity contribution in [1.82, 2.24) is 61.4 Å². The number of H-pyrrole nitrogens is 1. The molecule has 2 aromatic carbocycles. The second-order valence-electron chi connectivity index (χ2n) is 33.9. The molecule has 43 nitrogen and oxygen atoms in total.